The molecule has 2 amide bonds. The van der Waals surface area contributed by atoms with Crippen LogP contribution in [0.5, 0.6) is 0 Å². The van der Waals surface area contributed by atoms with Crippen molar-refractivity contribution in [2.24, 2.45) is 17.6 Å². The van der Waals surface area contributed by atoms with E-state index in [9.17, 15) is 9.59 Å². The van der Waals surface area contributed by atoms with E-state index in [0.29, 0.717) is 18.4 Å². The minimum absolute atomic E-state index is 0.0637. The van der Waals surface area contributed by atoms with Gasteiger partial charge in [-0.15, -0.1) is 0 Å². The lowest BCUT2D eigenvalue weighted by Crippen LogP contribution is -2.53. The molecule has 26 heavy (non-hydrogen) atoms. The Hall–Kier alpha value is -1.88. The van der Waals surface area contributed by atoms with E-state index in [0.717, 1.165) is 38.8 Å². The lowest BCUT2D eigenvalue weighted by molar-refractivity contribution is -0.136. The summed E-state index contributed by atoms with van der Waals surface area (Å²) in [5.41, 5.74) is 8.19. The Balaban J connectivity index is 1.60. The first-order valence-electron chi connectivity index (χ1n) is 9.82. The summed E-state index contributed by atoms with van der Waals surface area (Å²) in [6, 6.07) is 8.37. The van der Waals surface area contributed by atoms with Crippen LogP contribution in [0.25, 0.3) is 0 Å². The lowest BCUT2D eigenvalue weighted by Gasteiger charge is -2.32. The highest BCUT2D eigenvalue weighted by Crippen LogP contribution is 2.46. The molecule has 5 nitrogen and oxygen atoms in total. The number of benzene rings is 1. The van der Waals surface area contributed by atoms with Gasteiger partial charge in [0.1, 0.15) is 0 Å². The summed E-state index contributed by atoms with van der Waals surface area (Å²) in [6.07, 6.45) is 3.71. The molecular weight excluding hydrogens is 326 g/mol. The van der Waals surface area contributed by atoms with E-state index in [1.165, 1.54) is 11.1 Å². The molecule has 0 bridgehead atoms. The molecule has 2 N–H and O–H groups in total. The van der Waals surface area contributed by atoms with E-state index < -0.39 is 5.54 Å². The molecule has 3 fully saturated rings. The van der Waals surface area contributed by atoms with Gasteiger partial charge in [0.05, 0.1) is 11.6 Å². The molecule has 2 heterocycles. The first kappa shape index (κ1) is 17.5. The van der Waals surface area contributed by atoms with Crippen LogP contribution < -0.4 is 5.73 Å². The van der Waals surface area contributed by atoms with Crippen LogP contribution in [0.4, 0.5) is 0 Å². The molecule has 2 aliphatic heterocycles. The van der Waals surface area contributed by atoms with Crippen LogP contribution in [-0.2, 0) is 9.59 Å². The van der Waals surface area contributed by atoms with Crippen molar-refractivity contribution in [3.8, 4) is 0 Å². The van der Waals surface area contributed by atoms with Gasteiger partial charge in [0, 0.05) is 38.4 Å². The monoisotopic (exact) mass is 355 g/mol. The fourth-order valence-electron chi connectivity index (χ4n) is 5.39. The van der Waals surface area contributed by atoms with E-state index in [4.69, 9.17) is 5.73 Å². The molecule has 5 heteroatoms. The number of fused-ring (bicyclic) bond motifs is 1. The largest absolute Gasteiger partial charge is 0.340 e. The summed E-state index contributed by atoms with van der Waals surface area (Å²) in [5, 5.41) is 0. The Bertz CT molecular complexity index is 726. The maximum absolute atomic E-state index is 13.0. The molecule has 1 aromatic rings. The second-order valence-corrected chi connectivity index (χ2v) is 8.47. The first-order chi connectivity index (χ1) is 12.4. The van der Waals surface area contributed by atoms with Gasteiger partial charge in [-0.3, -0.25) is 9.59 Å². The fourth-order valence-corrected chi connectivity index (χ4v) is 5.39. The van der Waals surface area contributed by atoms with Gasteiger partial charge in [-0.05, 0) is 30.9 Å². The van der Waals surface area contributed by atoms with Gasteiger partial charge in [-0.2, -0.15) is 0 Å². The summed E-state index contributed by atoms with van der Waals surface area (Å²) in [7, 11) is 0. The van der Waals surface area contributed by atoms with Crippen molar-refractivity contribution in [1.82, 2.24) is 9.80 Å². The number of hydrogen-bond donors (Lipinski definition) is 1. The Kier molecular flexibility index (Phi) is 4.30. The highest BCUT2D eigenvalue weighted by Gasteiger charge is 2.52. The van der Waals surface area contributed by atoms with Gasteiger partial charge in [0.15, 0.2) is 0 Å². The third-order valence-electron chi connectivity index (χ3n) is 6.78. The van der Waals surface area contributed by atoms with Gasteiger partial charge in [0.25, 0.3) is 0 Å². The highest BCUT2D eigenvalue weighted by atomic mass is 16.2. The van der Waals surface area contributed by atoms with Crippen molar-refractivity contribution in [1.29, 1.82) is 0 Å². The third-order valence-corrected chi connectivity index (χ3v) is 6.78. The topological polar surface area (TPSA) is 66.6 Å². The van der Waals surface area contributed by atoms with Gasteiger partial charge >= 0.3 is 0 Å². The van der Waals surface area contributed by atoms with Crippen molar-refractivity contribution in [2.75, 3.05) is 19.6 Å². The number of nitrogens with two attached hydrogens (primary N) is 1. The Morgan fingerprint density at radius 1 is 1.12 bits per heavy atom. The van der Waals surface area contributed by atoms with Crippen molar-refractivity contribution >= 4 is 11.8 Å². The zero-order valence-electron chi connectivity index (χ0n) is 15.8. The molecule has 0 spiro atoms. The number of carbonyl (C=O) groups excluding carboxylic acids is 2. The summed E-state index contributed by atoms with van der Waals surface area (Å²) < 4.78 is 0. The Morgan fingerprint density at radius 2 is 1.81 bits per heavy atom. The van der Waals surface area contributed by atoms with Crippen LogP contribution in [0.1, 0.15) is 49.8 Å². The summed E-state index contributed by atoms with van der Waals surface area (Å²) in [4.78, 5) is 29.3. The minimum atomic E-state index is -0.656. The number of carbonyl (C=O) groups is 2. The number of hydrogen-bond acceptors (Lipinski definition) is 3. The quantitative estimate of drug-likeness (QED) is 0.885. The molecule has 1 aromatic carbocycles. The molecule has 140 valence electrons. The number of aryl methyl sites for hydroxylation is 1. The van der Waals surface area contributed by atoms with E-state index in [-0.39, 0.29) is 17.9 Å². The predicted octanol–water partition coefficient (Wildman–Crippen LogP) is 2.24. The van der Waals surface area contributed by atoms with Crippen LogP contribution in [0, 0.1) is 18.8 Å². The number of likely N-dealkylation sites (tertiary alicyclic amines) is 2. The molecule has 3 aliphatic rings. The maximum atomic E-state index is 13.0. The number of nitrogens with zero attached hydrogens (tertiary/aromatic N) is 2. The summed E-state index contributed by atoms with van der Waals surface area (Å²) in [6.45, 7) is 5.94. The zero-order valence-corrected chi connectivity index (χ0v) is 15.8. The molecule has 1 saturated carbocycles. The van der Waals surface area contributed by atoms with Crippen LogP contribution in [-0.4, -0.2) is 46.8 Å². The van der Waals surface area contributed by atoms with E-state index in [1.54, 1.807) is 6.92 Å². The second-order valence-electron chi connectivity index (χ2n) is 8.47. The summed E-state index contributed by atoms with van der Waals surface area (Å²) >= 11 is 0. The van der Waals surface area contributed by atoms with E-state index in [2.05, 4.69) is 19.1 Å². The normalized spacial score (nSPS) is 29.9. The molecule has 3 atom stereocenters. The van der Waals surface area contributed by atoms with Crippen molar-refractivity contribution in [2.45, 2.75) is 51.1 Å². The summed E-state index contributed by atoms with van der Waals surface area (Å²) in [5.74, 6) is 0.894. The first-order valence-corrected chi connectivity index (χ1v) is 9.82. The predicted molar refractivity (Wildman–Crippen MR) is 100 cm³/mol. The van der Waals surface area contributed by atoms with Crippen LogP contribution in [0.2, 0.25) is 0 Å². The smallest absolute Gasteiger partial charge is 0.242 e. The van der Waals surface area contributed by atoms with Crippen LogP contribution in [0.15, 0.2) is 24.3 Å². The van der Waals surface area contributed by atoms with Gasteiger partial charge in [-0.25, -0.2) is 0 Å². The molecule has 2 saturated heterocycles. The van der Waals surface area contributed by atoms with Crippen molar-refractivity contribution in [3.05, 3.63) is 35.4 Å². The van der Waals surface area contributed by atoms with Gasteiger partial charge < -0.3 is 15.5 Å². The Labute approximate surface area is 155 Å². The van der Waals surface area contributed by atoms with E-state index in [1.807, 2.05) is 21.9 Å². The minimum Gasteiger partial charge on any atom is -0.340 e. The molecule has 1 aliphatic carbocycles. The van der Waals surface area contributed by atoms with Gasteiger partial charge in [-0.1, -0.05) is 37.1 Å². The fraction of sp³-hybridized carbons (Fsp3) is 0.619. The van der Waals surface area contributed by atoms with Gasteiger partial charge in [0.2, 0.25) is 11.8 Å². The van der Waals surface area contributed by atoms with Crippen molar-refractivity contribution in [3.63, 3.8) is 0 Å². The standard InChI is InChI=1S/C21H29N3O2/c1-14-7-3-4-8-17(14)19-18-13-23(11-16(18)12-24(19)15(2)25)20(26)21(22)9-5-6-10-21/h3-4,7-8,16,18-19H,5-6,9-13,22H2,1-2H3/t16-,18-,19-/m1/s1. The average molecular weight is 355 g/mol. The van der Waals surface area contributed by atoms with Crippen molar-refractivity contribution < 1.29 is 9.59 Å². The lowest BCUT2D eigenvalue weighted by atomic mass is 9.87. The van der Waals surface area contributed by atoms with Crippen LogP contribution >= 0.6 is 0 Å². The molecule has 0 unspecified atom stereocenters. The van der Waals surface area contributed by atoms with E-state index >= 15 is 0 Å². The Morgan fingerprint density at radius 3 is 2.46 bits per heavy atom. The molecule has 0 radical (unpaired) electrons. The molecule has 0 aromatic heterocycles. The van der Waals surface area contributed by atoms with Crippen LogP contribution in [0.3, 0.4) is 0 Å². The average Bonchev–Trinajstić information content (AvgIpc) is 3.29. The highest BCUT2D eigenvalue weighted by molar-refractivity contribution is 5.87. The zero-order chi connectivity index (χ0) is 18.5. The second kappa shape index (κ2) is 6.38. The number of rotatable bonds is 2. The third kappa shape index (κ3) is 2.73. The number of amides is 2. The maximum Gasteiger partial charge on any atom is 0.242 e. The SMILES string of the molecule is CC(=O)N1C[C@H]2CN(C(=O)C3(N)CCCC3)C[C@H]2[C@H]1c1ccccc1C. The molecule has 4 rings (SSSR count). The molecular formula is C21H29N3O2.